The molecule has 0 aliphatic heterocycles. The van der Waals surface area contributed by atoms with E-state index >= 15 is 0 Å². The van der Waals surface area contributed by atoms with Crippen LogP contribution in [0, 0.1) is 13.8 Å². The molecule has 0 bridgehead atoms. The Morgan fingerprint density at radius 3 is 2.54 bits per heavy atom. The summed E-state index contributed by atoms with van der Waals surface area (Å²) in [5, 5.41) is 2.70. The highest BCUT2D eigenvalue weighted by Crippen LogP contribution is 2.26. The van der Waals surface area contributed by atoms with Gasteiger partial charge in [-0.05, 0) is 44.5 Å². The molecule has 128 valence electrons. The van der Waals surface area contributed by atoms with Crippen molar-refractivity contribution in [3.8, 4) is 11.5 Å². The van der Waals surface area contributed by atoms with Gasteiger partial charge in [0.2, 0.25) is 0 Å². The number of ether oxygens (including phenoxy) is 3. The first-order valence-electron chi connectivity index (χ1n) is 7.84. The van der Waals surface area contributed by atoms with E-state index in [9.17, 15) is 4.79 Å². The number of hydrogen-bond acceptors (Lipinski definition) is 4. The molecule has 0 fully saturated rings. The number of methoxy groups -OCH3 is 1. The number of amides is 1. The van der Waals surface area contributed by atoms with E-state index in [1.54, 1.807) is 6.07 Å². The Morgan fingerprint density at radius 1 is 1.08 bits per heavy atom. The van der Waals surface area contributed by atoms with Crippen LogP contribution < -0.4 is 14.8 Å². The Hall–Kier alpha value is -2.69. The summed E-state index contributed by atoms with van der Waals surface area (Å²) >= 11 is 0. The van der Waals surface area contributed by atoms with E-state index in [4.69, 9.17) is 9.47 Å². The lowest BCUT2D eigenvalue weighted by molar-refractivity contribution is 0.187. The van der Waals surface area contributed by atoms with E-state index in [0.717, 1.165) is 16.9 Å². The minimum atomic E-state index is -0.531. The third-order valence-electron chi connectivity index (χ3n) is 3.53. The SMILES string of the molecule is CCOc1ccc(COc2ccc(C)cc2C)c(NC(=O)OC)c1. The van der Waals surface area contributed by atoms with Crippen LogP contribution >= 0.6 is 0 Å². The molecule has 0 heterocycles. The maximum atomic E-state index is 11.6. The van der Waals surface area contributed by atoms with Gasteiger partial charge in [0.05, 0.1) is 19.4 Å². The van der Waals surface area contributed by atoms with Crippen molar-refractivity contribution in [1.29, 1.82) is 0 Å². The molecule has 1 N–H and O–H groups in total. The first kappa shape index (κ1) is 17.7. The van der Waals surface area contributed by atoms with Crippen molar-refractivity contribution >= 4 is 11.8 Å². The minimum Gasteiger partial charge on any atom is -0.494 e. The van der Waals surface area contributed by atoms with Crippen LogP contribution in [0.1, 0.15) is 23.6 Å². The van der Waals surface area contributed by atoms with Crippen molar-refractivity contribution < 1.29 is 19.0 Å². The van der Waals surface area contributed by atoms with E-state index in [1.807, 2.05) is 45.0 Å². The molecule has 5 nitrogen and oxygen atoms in total. The highest BCUT2D eigenvalue weighted by Gasteiger charge is 2.10. The van der Waals surface area contributed by atoms with Crippen LogP contribution in [-0.4, -0.2) is 19.8 Å². The van der Waals surface area contributed by atoms with E-state index < -0.39 is 6.09 Å². The second kappa shape index (κ2) is 8.24. The monoisotopic (exact) mass is 329 g/mol. The summed E-state index contributed by atoms with van der Waals surface area (Å²) in [6.07, 6.45) is -0.531. The van der Waals surface area contributed by atoms with Gasteiger partial charge < -0.3 is 14.2 Å². The van der Waals surface area contributed by atoms with Crippen molar-refractivity contribution in [2.45, 2.75) is 27.4 Å². The number of carbonyl (C=O) groups excluding carboxylic acids is 1. The molecule has 5 heteroatoms. The highest BCUT2D eigenvalue weighted by molar-refractivity contribution is 5.85. The summed E-state index contributed by atoms with van der Waals surface area (Å²) in [5.74, 6) is 1.50. The van der Waals surface area contributed by atoms with Crippen LogP contribution in [0.25, 0.3) is 0 Å². The topological polar surface area (TPSA) is 56.8 Å². The van der Waals surface area contributed by atoms with Crippen molar-refractivity contribution in [2.75, 3.05) is 19.0 Å². The average Bonchev–Trinajstić information content (AvgIpc) is 2.55. The fourth-order valence-corrected chi connectivity index (χ4v) is 2.33. The molecule has 0 aliphatic carbocycles. The molecular weight excluding hydrogens is 306 g/mol. The maximum Gasteiger partial charge on any atom is 0.411 e. The zero-order valence-corrected chi connectivity index (χ0v) is 14.5. The Bertz CT molecular complexity index is 713. The number of rotatable bonds is 6. The first-order chi connectivity index (χ1) is 11.5. The predicted molar refractivity (Wildman–Crippen MR) is 93.9 cm³/mol. The van der Waals surface area contributed by atoms with Gasteiger partial charge in [-0.2, -0.15) is 0 Å². The van der Waals surface area contributed by atoms with Crippen LogP contribution in [-0.2, 0) is 11.3 Å². The number of carbonyl (C=O) groups is 1. The first-order valence-corrected chi connectivity index (χ1v) is 7.84. The summed E-state index contributed by atoms with van der Waals surface area (Å²) in [6, 6.07) is 11.5. The second-order valence-corrected chi connectivity index (χ2v) is 5.43. The summed E-state index contributed by atoms with van der Waals surface area (Å²) in [4.78, 5) is 11.6. The van der Waals surface area contributed by atoms with Gasteiger partial charge in [-0.3, -0.25) is 5.32 Å². The molecule has 2 rings (SSSR count). The van der Waals surface area contributed by atoms with Crippen LogP contribution in [0.15, 0.2) is 36.4 Å². The molecule has 24 heavy (non-hydrogen) atoms. The molecular formula is C19H23NO4. The molecule has 0 saturated carbocycles. The molecule has 1 amide bonds. The maximum absolute atomic E-state index is 11.6. The van der Waals surface area contributed by atoms with E-state index in [1.165, 1.54) is 12.7 Å². The van der Waals surface area contributed by atoms with Gasteiger partial charge in [0.25, 0.3) is 0 Å². The lowest BCUT2D eigenvalue weighted by Crippen LogP contribution is -2.13. The van der Waals surface area contributed by atoms with Crippen molar-refractivity contribution in [3.05, 3.63) is 53.1 Å². The summed E-state index contributed by atoms with van der Waals surface area (Å²) in [7, 11) is 1.33. The zero-order chi connectivity index (χ0) is 17.5. The normalized spacial score (nSPS) is 10.2. The number of benzene rings is 2. The van der Waals surface area contributed by atoms with Gasteiger partial charge in [-0.25, -0.2) is 4.79 Å². The lowest BCUT2D eigenvalue weighted by atomic mass is 10.1. The third kappa shape index (κ3) is 4.65. The Labute approximate surface area is 142 Å². The highest BCUT2D eigenvalue weighted by atomic mass is 16.5. The van der Waals surface area contributed by atoms with E-state index in [0.29, 0.717) is 24.7 Å². The zero-order valence-electron chi connectivity index (χ0n) is 14.5. The summed E-state index contributed by atoms with van der Waals surface area (Å²) in [5.41, 5.74) is 3.71. The lowest BCUT2D eigenvalue weighted by Gasteiger charge is -2.15. The standard InChI is InChI=1S/C19H23NO4/c1-5-23-16-8-7-15(17(11-16)20-19(21)22-4)12-24-18-9-6-13(2)10-14(18)3/h6-11H,5,12H2,1-4H3,(H,20,21). The molecule has 2 aromatic carbocycles. The van der Waals surface area contributed by atoms with Gasteiger partial charge >= 0.3 is 6.09 Å². The average molecular weight is 329 g/mol. The Balaban J connectivity index is 2.19. The molecule has 0 spiro atoms. The summed E-state index contributed by atoms with van der Waals surface area (Å²) in [6.45, 7) is 6.84. The van der Waals surface area contributed by atoms with Crippen LogP contribution in [0.5, 0.6) is 11.5 Å². The van der Waals surface area contributed by atoms with Crippen LogP contribution in [0.4, 0.5) is 10.5 Å². The molecule has 2 aromatic rings. The van der Waals surface area contributed by atoms with Crippen molar-refractivity contribution in [2.24, 2.45) is 0 Å². The Morgan fingerprint density at radius 2 is 1.88 bits per heavy atom. The van der Waals surface area contributed by atoms with Gasteiger partial charge in [0, 0.05) is 11.6 Å². The minimum absolute atomic E-state index is 0.329. The van der Waals surface area contributed by atoms with E-state index in [-0.39, 0.29) is 0 Å². The van der Waals surface area contributed by atoms with Gasteiger partial charge in [-0.15, -0.1) is 0 Å². The van der Waals surface area contributed by atoms with E-state index in [2.05, 4.69) is 16.1 Å². The second-order valence-electron chi connectivity index (χ2n) is 5.43. The smallest absolute Gasteiger partial charge is 0.411 e. The fraction of sp³-hybridized carbons (Fsp3) is 0.316. The molecule has 0 aliphatic rings. The fourth-order valence-electron chi connectivity index (χ4n) is 2.33. The summed E-state index contributed by atoms with van der Waals surface area (Å²) < 4.78 is 16.1. The number of aryl methyl sites for hydroxylation is 2. The number of hydrogen-bond donors (Lipinski definition) is 1. The van der Waals surface area contributed by atoms with Crippen molar-refractivity contribution in [1.82, 2.24) is 0 Å². The number of nitrogens with one attached hydrogen (secondary N) is 1. The van der Waals surface area contributed by atoms with Gasteiger partial charge in [0.15, 0.2) is 0 Å². The molecule has 0 aromatic heterocycles. The van der Waals surface area contributed by atoms with Gasteiger partial charge in [0.1, 0.15) is 18.1 Å². The van der Waals surface area contributed by atoms with Crippen LogP contribution in [0.2, 0.25) is 0 Å². The third-order valence-corrected chi connectivity index (χ3v) is 3.53. The largest absolute Gasteiger partial charge is 0.494 e. The van der Waals surface area contributed by atoms with Gasteiger partial charge in [-0.1, -0.05) is 17.7 Å². The molecule has 0 unspecified atom stereocenters. The van der Waals surface area contributed by atoms with Crippen molar-refractivity contribution in [3.63, 3.8) is 0 Å². The molecule has 0 radical (unpaired) electrons. The quantitative estimate of drug-likeness (QED) is 0.850. The van der Waals surface area contributed by atoms with Crippen LogP contribution in [0.3, 0.4) is 0 Å². The Kier molecular flexibility index (Phi) is 6.07. The predicted octanol–water partition coefficient (Wildman–Crippen LogP) is 4.46. The number of anilines is 1. The molecule has 0 saturated heterocycles. The molecule has 0 atom stereocenters.